The topological polar surface area (TPSA) is 51.3 Å². The van der Waals surface area contributed by atoms with E-state index in [1.165, 1.54) is 13.0 Å². The van der Waals surface area contributed by atoms with Gasteiger partial charge in [-0.15, -0.1) is 0 Å². The molecule has 2 N–H and O–H groups in total. The highest BCUT2D eigenvalue weighted by Gasteiger charge is 2.16. The third kappa shape index (κ3) is 2.10. The van der Waals surface area contributed by atoms with E-state index in [0.29, 0.717) is 0 Å². The van der Waals surface area contributed by atoms with Crippen molar-refractivity contribution in [1.82, 2.24) is 0 Å². The Balaban J connectivity index is 3.32. The summed E-state index contributed by atoms with van der Waals surface area (Å²) in [6.07, 6.45) is -0.876. The Labute approximate surface area is 82.7 Å². The van der Waals surface area contributed by atoms with E-state index in [-0.39, 0.29) is 15.7 Å². The molecule has 0 aliphatic rings. The first kappa shape index (κ1) is 10.3. The molecule has 0 saturated heterocycles. The molecule has 1 unspecified atom stereocenters. The van der Waals surface area contributed by atoms with Crippen LogP contribution in [0.4, 0.5) is 10.1 Å². The number of aliphatic hydroxyl groups excluding tert-OH is 1. The smallest absolute Gasteiger partial charge is 0.260 e. The van der Waals surface area contributed by atoms with Crippen molar-refractivity contribution < 1.29 is 14.7 Å². The summed E-state index contributed by atoms with van der Waals surface area (Å²) in [5, 5.41) is 10.8. The Kier molecular flexibility index (Phi) is 3.11. The van der Waals surface area contributed by atoms with Gasteiger partial charge in [-0.1, -0.05) is 0 Å². The Morgan fingerprint density at radius 2 is 2.23 bits per heavy atom. The van der Waals surface area contributed by atoms with Crippen molar-refractivity contribution in [3.8, 4) is 0 Å². The molecule has 1 aromatic carbocycles. The Hall–Kier alpha value is -0.810. The number of hydrogen-bond donors (Lipinski definition) is 2. The van der Waals surface area contributed by atoms with Gasteiger partial charge in [0.15, 0.2) is 0 Å². The lowest BCUT2D eigenvalue weighted by Crippen LogP contribution is -2.56. The van der Waals surface area contributed by atoms with Gasteiger partial charge in [0.2, 0.25) is 0 Å². The zero-order chi connectivity index (χ0) is 10.0. The van der Waals surface area contributed by atoms with Crippen molar-refractivity contribution in [3.63, 3.8) is 0 Å². The van der Waals surface area contributed by atoms with E-state index in [1.54, 1.807) is 5.18 Å². The molecule has 0 amide bonds. The number of rotatable bonds is 2. The normalized spacial score (nSPS) is 12.6. The van der Waals surface area contributed by atoms with Crippen LogP contribution >= 0.6 is 15.9 Å². The number of nitrogens with one attached hydrogen (secondary N) is 1. The predicted molar refractivity (Wildman–Crippen MR) is 48.7 cm³/mol. The molecule has 0 radical (unpaired) electrons. The average molecular weight is 249 g/mol. The fourth-order valence-corrected chi connectivity index (χ4v) is 1.34. The molecule has 0 bridgehead atoms. The minimum absolute atomic E-state index is 0.170. The molecule has 0 aliphatic carbocycles. The van der Waals surface area contributed by atoms with Crippen LogP contribution in [0.3, 0.4) is 0 Å². The maximum absolute atomic E-state index is 13.0. The van der Waals surface area contributed by atoms with E-state index in [4.69, 9.17) is 0 Å². The Bertz CT molecular complexity index is 341. The third-order valence-electron chi connectivity index (χ3n) is 1.65. The van der Waals surface area contributed by atoms with Crippen molar-refractivity contribution in [2.45, 2.75) is 13.0 Å². The van der Waals surface area contributed by atoms with Crippen LogP contribution in [0.25, 0.3) is 0 Å². The van der Waals surface area contributed by atoms with Crippen LogP contribution in [0, 0.1) is 10.7 Å². The first-order valence-electron chi connectivity index (χ1n) is 3.61. The van der Waals surface area contributed by atoms with Gasteiger partial charge in [-0.2, -0.15) is 0 Å². The average Bonchev–Trinajstić information content (AvgIpc) is 2.08. The van der Waals surface area contributed by atoms with E-state index in [0.717, 1.165) is 6.07 Å². The van der Waals surface area contributed by atoms with Crippen LogP contribution in [0.1, 0.15) is 18.6 Å². The second-order valence-electron chi connectivity index (χ2n) is 2.63. The molecule has 1 aromatic rings. The van der Waals surface area contributed by atoms with Crippen LogP contribution in [0.15, 0.2) is 16.6 Å². The first-order valence-corrected chi connectivity index (χ1v) is 4.40. The van der Waals surface area contributed by atoms with E-state index in [2.05, 4.69) is 15.9 Å². The zero-order valence-electron chi connectivity index (χ0n) is 6.84. The lowest BCUT2D eigenvalue weighted by molar-refractivity contribution is -0.380. The fraction of sp³-hybridized carbons (Fsp3) is 0.250. The lowest BCUT2D eigenvalue weighted by Gasteiger charge is -2.03. The maximum Gasteiger partial charge on any atom is 0.260 e. The van der Waals surface area contributed by atoms with E-state index >= 15 is 0 Å². The molecule has 1 rings (SSSR count). The summed E-state index contributed by atoms with van der Waals surface area (Å²) in [7, 11) is 0. The molecular formula is C8H8BrFNO2+. The molecule has 0 heterocycles. The molecule has 0 aromatic heterocycles. The summed E-state index contributed by atoms with van der Waals surface area (Å²) in [6, 6.07) is 2.42. The molecule has 5 heteroatoms. The van der Waals surface area contributed by atoms with Gasteiger partial charge in [0.05, 0.1) is 16.1 Å². The number of hydrogen-bond acceptors (Lipinski definition) is 2. The van der Waals surface area contributed by atoms with Crippen molar-refractivity contribution >= 4 is 21.6 Å². The minimum Gasteiger partial charge on any atom is -0.388 e. The Morgan fingerprint density at radius 1 is 1.62 bits per heavy atom. The van der Waals surface area contributed by atoms with Crippen LogP contribution in [0.2, 0.25) is 0 Å². The predicted octanol–water partition coefficient (Wildman–Crippen LogP) is 1.12. The van der Waals surface area contributed by atoms with E-state index in [1.807, 2.05) is 0 Å². The maximum atomic E-state index is 13.0. The fourth-order valence-electron chi connectivity index (χ4n) is 0.996. The van der Waals surface area contributed by atoms with Gasteiger partial charge in [-0.25, -0.2) is 4.39 Å². The van der Waals surface area contributed by atoms with Crippen LogP contribution in [0.5, 0.6) is 0 Å². The second kappa shape index (κ2) is 3.93. The first-order chi connectivity index (χ1) is 6.06. The quantitative estimate of drug-likeness (QED) is 0.825. The van der Waals surface area contributed by atoms with Gasteiger partial charge in [0.25, 0.3) is 5.69 Å². The number of nitroso groups, excluding NO2 is 1. The summed E-state index contributed by atoms with van der Waals surface area (Å²) in [4.78, 5) is 10.4. The number of aliphatic hydroxyl groups is 1. The van der Waals surface area contributed by atoms with Gasteiger partial charge < -0.3 is 5.11 Å². The molecule has 3 nitrogen and oxygen atoms in total. The molecule has 13 heavy (non-hydrogen) atoms. The molecule has 1 atom stereocenters. The van der Waals surface area contributed by atoms with Crippen molar-refractivity contribution in [2.24, 2.45) is 0 Å². The summed E-state index contributed by atoms with van der Waals surface area (Å²) in [6.45, 7) is 1.46. The van der Waals surface area contributed by atoms with E-state index < -0.39 is 11.9 Å². The molecule has 70 valence electrons. The summed E-state index contributed by atoms with van der Waals surface area (Å²) in [5.41, 5.74) is 0.416. The van der Waals surface area contributed by atoms with E-state index in [9.17, 15) is 14.4 Å². The van der Waals surface area contributed by atoms with Crippen molar-refractivity contribution in [3.05, 3.63) is 32.9 Å². The lowest BCUT2D eigenvalue weighted by atomic mass is 10.1. The van der Waals surface area contributed by atoms with Gasteiger partial charge in [-0.3, -0.25) is 0 Å². The molecule has 0 fully saturated rings. The minimum atomic E-state index is -0.876. The van der Waals surface area contributed by atoms with Crippen molar-refractivity contribution in [2.75, 3.05) is 0 Å². The highest BCUT2D eigenvalue weighted by atomic mass is 79.9. The standard InChI is InChI=1S/C8H7BrFNO2/c1-4(12)5-2-7(10)6(9)3-8(5)11-13/h2-4,12H,1H3/p+1. The highest BCUT2D eigenvalue weighted by Crippen LogP contribution is 2.25. The molecule has 0 aliphatic heterocycles. The van der Waals surface area contributed by atoms with Gasteiger partial charge in [0, 0.05) is 16.2 Å². The summed E-state index contributed by atoms with van der Waals surface area (Å²) in [5.74, 6) is -0.505. The molecular weight excluding hydrogens is 241 g/mol. The molecule has 0 saturated carbocycles. The van der Waals surface area contributed by atoms with Gasteiger partial charge in [-0.05, 0) is 28.9 Å². The van der Waals surface area contributed by atoms with Crippen LogP contribution in [-0.2, 0) is 0 Å². The zero-order valence-corrected chi connectivity index (χ0v) is 8.43. The summed E-state index contributed by atoms with van der Waals surface area (Å²) >= 11 is 2.93. The highest BCUT2D eigenvalue weighted by molar-refractivity contribution is 9.10. The van der Waals surface area contributed by atoms with Gasteiger partial charge in [0.1, 0.15) is 5.82 Å². The largest absolute Gasteiger partial charge is 0.388 e. The molecule has 0 spiro atoms. The van der Waals surface area contributed by atoms with Gasteiger partial charge >= 0.3 is 0 Å². The Morgan fingerprint density at radius 3 is 2.69 bits per heavy atom. The van der Waals surface area contributed by atoms with Crippen LogP contribution < -0.4 is 5.18 Å². The second-order valence-corrected chi connectivity index (χ2v) is 3.49. The monoisotopic (exact) mass is 248 g/mol. The SMILES string of the molecule is CC(O)c1cc(F)c(Br)cc1[NH+]=O. The van der Waals surface area contributed by atoms with Crippen molar-refractivity contribution in [1.29, 1.82) is 0 Å². The number of halogens is 2. The summed E-state index contributed by atoms with van der Waals surface area (Å²) < 4.78 is 13.2. The number of benzene rings is 1. The van der Waals surface area contributed by atoms with Crippen LogP contribution in [-0.4, -0.2) is 5.11 Å². The third-order valence-corrected chi connectivity index (χ3v) is 2.26.